The molecule has 0 saturated heterocycles. The quantitative estimate of drug-likeness (QED) is 0.699. The van der Waals surface area contributed by atoms with Gasteiger partial charge in [-0.2, -0.15) is 0 Å². The van der Waals surface area contributed by atoms with Gasteiger partial charge in [0.05, 0.1) is 0 Å². The maximum absolute atomic E-state index is 10.5. The average Bonchev–Trinajstić information content (AvgIpc) is 2.27. The van der Waals surface area contributed by atoms with Crippen LogP contribution in [0.3, 0.4) is 0 Å². The van der Waals surface area contributed by atoms with Gasteiger partial charge in [-0.1, -0.05) is 27.7 Å². The van der Waals surface area contributed by atoms with Crippen LogP contribution in [0.2, 0.25) is 0 Å². The van der Waals surface area contributed by atoms with Gasteiger partial charge in [-0.3, -0.25) is 4.79 Å². The lowest BCUT2D eigenvalue weighted by atomic mass is 10.3. The molecule has 0 aliphatic heterocycles. The summed E-state index contributed by atoms with van der Waals surface area (Å²) in [5.41, 5.74) is 0.690. The number of aromatic hydroxyl groups is 1. The van der Waals surface area contributed by atoms with E-state index in [1.54, 1.807) is 12.1 Å². The molecule has 1 aromatic carbocycles. The Hall–Kier alpha value is -1.51. The first-order valence-electron chi connectivity index (χ1n) is 5.25. The van der Waals surface area contributed by atoms with E-state index in [9.17, 15) is 4.79 Å². The zero-order valence-electron chi connectivity index (χ0n) is 10.2. The predicted molar refractivity (Wildman–Crippen MR) is 65.1 cm³/mol. The molecule has 0 saturated carbocycles. The SMILES string of the molecule is CC.CC.CC(=O)Nc1ccc(O)cc1. The van der Waals surface area contributed by atoms with Crippen molar-refractivity contribution in [3.63, 3.8) is 0 Å². The maximum atomic E-state index is 10.5. The minimum Gasteiger partial charge on any atom is -0.508 e. The standard InChI is InChI=1S/C8H9NO2.2C2H6/c1-6(10)9-7-2-4-8(11)5-3-7;2*1-2/h2-5,11H,1H3,(H,9,10);2*1-2H3. The molecule has 3 heteroatoms. The molecule has 0 aromatic heterocycles. The normalized spacial score (nSPS) is 7.53. The Labute approximate surface area is 92.1 Å². The number of phenols is 1. The second-order valence-corrected chi connectivity index (χ2v) is 2.23. The van der Waals surface area contributed by atoms with E-state index in [1.165, 1.54) is 19.1 Å². The number of nitrogens with one attached hydrogen (secondary N) is 1. The van der Waals surface area contributed by atoms with Crippen molar-refractivity contribution < 1.29 is 9.90 Å². The van der Waals surface area contributed by atoms with E-state index in [0.717, 1.165) is 0 Å². The Morgan fingerprint density at radius 3 is 1.80 bits per heavy atom. The van der Waals surface area contributed by atoms with E-state index in [4.69, 9.17) is 5.11 Å². The second kappa shape index (κ2) is 10.6. The molecule has 0 bridgehead atoms. The molecular formula is C12H21NO2. The van der Waals surface area contributed by atoms with E-state index in [-0.39, 0.29) is 11.7 Å². The molecule has 2 N–H and O–H groups in total. The molecule has 1 rings (SSSR count). The molecule has 0 atom stereocenters. The summed E-state index contributed by atoms with van der Waals surface area (Å²) < 4.78 is 0. The number of benzene rings is 1. The van der Waals surface area contributed by atoms with Gasteiger partial charge in [-0.05, 0) is 24.3 Å². The van der Waals surface area contributed by atoms with Crippen molar-refractivity contribution in [2.45, 2.75) is 34.6 Å². The first kappa shape index (κ1) is 15.9. The highest BCUT2D eigenvalue weighted by Gasteiger charge is 1.93. The van der Waals surface area contributed by atoms with Crippen LogP contribution in [-0.2, 0) is 4.79 Å². The fourth-order valence-electron chi connectivity index (χ4n) is 0.748. The first-order chi connectivity index (χ1) is 7.18. The summed E-state index contributed by atoms with van der Waals surface area (Å²) in [4.78, 5) is 10.5. The molecule has 0 spiro atoms. The molecule has 3 nitrogen and oxygen atoms in total. The van der Waals surface area contributed by atoms with Crippen LogP contribution in [-0.4, -0.2) is 11.0 Å². The highest BCUT2D eigenvalue weighted by Crippen LogP contribution is 2.13. The van der Waals surface area contributed by atoms with Gasteiger partial charge in [0.2, 0.25) is 5.91 Å². The number of rotatable bonds is 1. The molecule has 0 fully saturated rings. The van der Waals surface area contributed by atoms with Gasteiger partial charge < -0.3 is 10.4 Å². The van der Waals surface area contributed by atoms with Crippen molar-refractivity contribution in [3.05, 3.63) is 24.3 Å². The Bertz CT molecular complexity index is 255. The smallest absolute Gasteiger partial charge is 0.221 e. The Morgan fingerprint density at radius 2 is 1.47 bits per heavy atom. The van der Waals surface area contributed by atoms with Gasteiger partial charge in [0.1, 0.15) is 5.75 Å². The molecule has 0 unspecified atom stereocenters. The maximum Gasteiger partial charge on any atom is 0.221 e. The van der Waals surface area contributed by atoms with E-state index >= 15 is 0 Å². The third-order valence-electron chi connectivity index (χ3n) is 1.19. The lowest BCUT2D eigenvalue weighted by Crippen LogP contribution is -2.04. The monoisotopic (exact) mass is 211 g/mol. The summed E-state index contributed by atoms with van der Waals surface area (Å²) in [6, 6.07) is 6.31. The van der Waals surface area contributed by atoms with Gasteiger partial charge >= 0.3 is 0 Å². The summed E-state index contributed by atoms with van der Waals surface area (Å²) in [6.07, 6.45) is 0. The zero-order chi connectivity index (χ0) is 12.3. The highest BCUT2D eigenvalue weighted by molar-refractivity contribution is 5.88. The molecule has 1 amide bonds. The number of carbonyl (C=O) groups excluding carboxylic acids is 1. The van der Waals surface area contributed by atoms with Crippen molar-refractivity contribution in [2.75, 3.05) is 5.32 Å². The largest absolute Gasteiger partial charge is 0.508 e. The molecule has 86 valence electrons. The minimum absolute atomic E-state index is 0.115. The highest BCUT2D eigenvalue weighted by atomic mass is 16.3. The first-order valence-corrected chi connectivity index (χ1v) is 5.25. The van der Waals surface area contributed by atoms with Crippen LogP contribution in [0.25, 0.3) is 0 Å². The van der Waals surface area contributed by atoms with E-state index in [2.05, 4.69) is 5.32 Å². The van der Waals surface area contributed by atoms with Crippen LogP contribution < -0.4 is 5.32 Å². The molecule has 0 aliphatic carbocycles. The summed E-state index contributed by atoms with van der Waals surface area (Å²) in [5.74, 6) is 0.0785. The van der Waals surface area contributed by atoms with Gasteiger partial charge in [0.25, 0.3) is 0 Å². The molecule has 1 aromatic rings. The number of phenolic OH excluding ortho intramolecular Hbond substituents is 1. The molecule has 0 heterocycles. The van der Waals surface area contributed by atoms with Crippen LogP contribution in [0.15, 0.2) is 24.3 Å². The van der Waals surface area contributed by atoms with Crippen LogP contribution >= 0.6 is 0 Å². The Kier molecular flexibility index (Phi) is 11.2. The van der Waals surface area contributed by atoms with Crippen molar-refractivity contribution in [2.24, 2.45) is 0 Å². The second-order valence-electron chi connectivity index (χ2n) is 2.23. The fourth-order valence-corrected chi connectivity index (χ4v) is 0.748. The van der Waals surface area contributed by atoms with E-state index in [1.807, 2.05) is 27.7 Å². The van der Waals surface area contributed by atoms with E-state index in [0.29, 0.717) is 5.69 Å². The fraction of sp³-hybridized carbons (Fsp3) is 0.417. The van der Waals surface area contributed by atoms with Crippen molar-refractivity contribution in [1.82, 2.24) is 0 Å². The number of carbonyl (C=O) groups is 1. The zero-order valence-corrected chi connectivity index (χ0v) is 10.2. The van der Waals surface area contributed by atoms with Gasteiger partial charge in [0, 0.05) is 12.6 Å². The Balaban J connectivity index is 0. The summed E-state index contributed by atoms with van der Waals surface area (Å²) in [6.45, 7) is 9.44. The Morgan fingerprint density at radius 1 is 1.07 bits per heavy atom. The lowest BCUT2D eigenvalue weighted by molar-refractivity contribution is -0.114. The van der Waals surface area contributed by atoms with Crippen molar-refractivity contribution in [3.8, 4) is 5.75 Å². The number of hydrogen-bond acceptors (Lipinski definition) is 2. The van der Waals surface area contributed by atoms with E-state index < -0.39 is 0 Å². The molecule has 0 radical (unpaired) electrons. The number of anilines is 1. The number of amides is 1. The molecule has 0 aliphatic rings. The third-order valence-corrected chi connectivity index (χ3v) is 1.19. The average molecular weight is 211 g/mol. The molecular weight excluding hydrogens is 190 g/mol. The lowest BCUT2D eigenvalue weighted by Gasteiger charge is -1.99. The van der Waals surface area contributed by atoms with Crippen molar-refractivity contribution >= 4 is 11.6 Å². The van der Waals surface area contributed by atoms with Crippen LogP contribution in [0.4, 0.5) is 5.69 Å². The predicted octanol–water partition coefficient (Wildman–Crippen LogP) is 3.40. The number of hydrogen-bond donors (Lipinski definition) is 2. The summed E-state index contributed by atoms with van der Waals surface area (Å²) >= 11 is 0. The topological polar surface area (TPSA) is 49.3 Å². The molecule has 15 heavy (non-hydrogen) atoms. The minimum atomic E-state index is -0.115. The van der Waals surface area contributed by atoms with Crippen molar-refractivity contribution in [1.29, 1.82) is 0 Å². The third kappa shape index (κ3) is 8.81. The summed E-state index contributed by atoms with van der Waals surface area (Å²) in [7, 11) is 0. The van der Waals surface area contributed by atoms with Crippen LogP contribution in [0.1, 0.15) is 34.6 Å². The van der Waals surface area contributed by atoms with Gasteiger partial charge in [-0.15, -0.1) is 0 Å². The van der Waals surface area contributed by atoms with Gasteiger partial charge in [0.15, 0.2) is 0 Å². The van der Waals surface area contributed by atoms with Gasteiger partial charge in [-0.25, -0.2) is 0 Å². The summed E-state index contributed by atoms with van der Waals surface area (Å²) in [5, 5.41) is 11.5. The van der Waals surface area contributed by atoms with Crippen LogP contribution in [0.5, 0.6) is 5.75 Å². The van der Waals surface area contributed by atoms with Crippen LogP contribution in [0, 0.1) is 0 Å².